The lowest BCUT2D eigenvalue weighted by atomic mass is 10.1. The van der Waals surface area contributed by atoms with Crippen molar-refractivity contribution in [3.05, 3.63) is 37.6 Å². The predicted octanol–water partition coefficient (Wildman–Crippen LogP) is -0.524. The molecule has 0 amide bonds. The Hall–Kier alpha value is -1.22. The first kappa shape index (κ1) is 14.2. The fraction of sp³-hybridized carbons (Fsp3) is 0.455. The van der Waals surface area contributed by atoms with Gasteiger partial charge in [-0.05, 0) is 11.1 Å². The summed E-state index contributed by atoms with van der Waals surface area (Å²) in [7, 11) is 0. The zero-order chi connectivity index (χ0) is 14.0. The lowest BCUT2D eigenvalue weighted by molar-refractivity contribution is 0.00163. The number of H-pyrrole nitrogens is 1. The van der Waals surface area contributed by atoms with Crippen LogP contribution in [0, 0.1) is 0 Å². The molecule has 0 bridgehead atoms. The van der Waals surface area contributed by atoms with Crippen LogP contribution in [-0.2, 0) is 4.74 Å². The highest BCUT2D eigenvalue weighted by atomic mass is 79.9. The molecular formula is C11H15BrN4O3. The van der Waals surface area contributed by atoms with E-state index in [2.05, 4.69) is 20.9 Å². The Balaban J connectivity index is 2.38. The number of ether oxygens (including phenoxy) is 1. The van der Waals surface area contributed by atoms with E-state index in [0.29, 0.717) is 18.5 Å². The first-order chi connectivity index (χ1) is 9.06. The summed E-state index contributed by atoms with van der Waals surface area (Å²) in [5, 5.41) is 0. The van der Waals surface area contributed by atoms with Crippen LogP contribution >= 0.6 is 15.9 Å². The van der Waals surface area contributed by atoms with Crippen molar-refractivity contribution in [1.29, 1.82) is 0 Å². The summed E-state index contributed by atoms with van der Waals surface area (Å²) in [6.45, 7) is 0.296. The van der Waals surface area contributed by atoms with Crippen molar-refractivity contribution in [3.8, 4) is 0 Å². The molecular weight excluding hydrogens is 316 g/mol. The van der Waals surface area contributed by atoms with E-state index in [9.17, 15) is 9.59 Å². The molecule has 0 radical (unpaired) electrons. The monoisotopic (exact) mass is 330 g/mol. The van der Waals surface area contributed by atoms with Crippen molar-refractivity contribution in [2.75, 3.05) is 6.54 Å². The number of halogens is 1. The minimum atomic E-state index is -0.522. The minimum absolute atomic E-state index is 0.219. The first-order valence-corrected chi connectivity index (χ1v) is 6.71. The molecule has 0 aliphatic carbocycles. The molecule has 5 N–H and O–H groups in total. The SMILES string of the molecule is NC[C@H]1O[C@@H](n2cc(C=CBr)c(=O)[nH]c2=O)C[C@@H]1N. The van der Waals surface area contributed by atoms with Gasteiger partial charge in [-0.3, -0.25) is 14.3 Å². The molecule has 104 valence electrons. The predicted molar refractivity (Wildman–Crippen MR) is 74.8 cm³/mol. The maximum atomic E-state index is 11.8. The van der Waals surface area contributed by atoms with Crippen molar-refractivity contribution in [1.82, 2.24) is 9.55 Å². The maximum Gasteiger partial charge on any atom is 0.330 e. The maximum absolute atomic E-state index is 11.8. The molecule has 0 unspecified atom stereocenters. The molecule has 1 saturated heterocycles. The number of hydrogen-bond acceptors (Lipinski definition) is 5. The zero-order valence-electron chi connectivity index (χ0n) is 10.1. The summed E-state index contributed by atoms with van der Waals surface area (Å²) < 4.78 is 6.95. The first-order valence-electron chi connectivity index (χ1n) is 5.80. The number of nitrogens with zero attached hydrogens (tertiary/aromatic N) is 1. The van der Waals surface area contributed by atoms with Gasteiger partial charge in [-0.1, -0.05) is 15.9 Å². The quantitative estimate of drug-likeness (QED) is 0.689. The van der Waals surface area contributed by atoms with Crippen LogP contribution in [0.1, 0.15) is 18.2 Å². The normalized spacial score (nSPS) is 27.2. The molecule has 0 spiro atoms. The van der Waals surface area contributed by atoms with Crippen LogP contribution in [0.4, 0.5) is 0 Å². The molecule has 7 nitrogen and oxygen atoms in total. The molecule has 1 aromatic rings. The van der Waals surface area contributed by atoms with Gasteiger partial charge in [0.15, 0.2) is 0 Å². The lowest BCUT2D eigenvalue weighted by Crippen LogP contribution is -2.36. The largest absolute Gasteiger partial charge is 0.352 e. The Bertz CT molecular complexity index is 594. The second-order valence-electron chi connectivity index (χ2n) is 4.31. The van der Waals surface area contributed by atoms with E-state index in [1.54, 1.807) is 6.08 Å². The third-order valence-electron chi connectivity index (χ3n) is 3.06. The highest BCUT2D eigenvalue weighted by molar-refractivity contribution is 9.11. The molecule has 1 fully saturated rings. The van der Waals surface area contributed by atoms with Crippen molar-refractivity contribution in [2.45, 2.75) is 24.8 Å². The van der Waals surface area contributed by atoms with Crippen molar-refractivity contribution < 1.29 is 4.74 Å². The van der Waals surface area contributed by atoms with E-state index < -0.39 is 17.5 Å². The van der Waals surface area contributed by atoms with E-state index in [-0.39, 0.29) is 12.1 Å². The summed E-state index contributed by atoms with van der Waals surface area (Å²) in [4.78, 5) is 27.1. The molecule has 2 rings (SSSR count). The number of nitrogens with two attached hydrogens (primary N) is 2. The second kappa shape index (κ2) is 5.83. The second-order valence-corrected chi connectivity index (χ2v) is 4.84. The number of aromatic amines is 1. The molecule has 1 aliphatic rings. The Labute approximate surface area is 117 Å². The Morgan fingerprint density at radius 2 is 2.32 bits per heavy atom. The van der Waals surface area contributed by atoms with Gasteiger partial charge >= 0.3 is 5.69 Å². The average Bonchev–Trinajstić information content (AvgIpc) is 2.74. The van der Waals surface area contributed by atoms with Gasteiger partial charge in [-0.2, -0.15) is 0 Å². The summed E-state index contributed by atoms with van der Waals surface area (Å²) >= 11 is 3.09. The molecule has 19 heavy (non-hydrogen) atoms. The van der Waals surface area contributed by atoms with Crippen LogP contribution in [-0.4, -0.2) is 28.2 Å². The van der Waals surface area contributed by atoms with Gasteiger partial charge in [0, 0.05) is 25.2 Å². The van der Waals surface area contributed by atoms with E-state index in [0.717, 1.165) is 0 Å². The number of hydrogen-bond donors (Lipinski definition) is 3. The third kappa shape index (κ3) is 2.86. The summed E-state index contributed by atoms with van der Waals surface area (Å²) in [5.74, 6) is 0. The summed E-state index contributed by atoms with van der Waals surface area (Å²) in [5.41, 5.74) is 10.8. The van der Waals surface area contributed by atoms with Crippen LogP contribution in [0.25, 0.3) is 6.08 Å². The van der Waals surface area contributed by atoms with Gasteiger partial charge in [0.1, 0.15) is 6.23 Å². The van der Waals surface area contributed by atoms with Crippen molar-refractivity contribution in [2.24, 2.45) is 11.5 Å². The molecule has 1 aliphatic heterocycles. The van der Waals surface area contributed by atoms with Gasteiger partial charge in [0.05, 0.1) is 11.7 Å². The van der Waals surface area contributed by atoms with Crippen LogP contribution < -0.4 is 22.7 Å². The van der Waals surface area contributed by atoms with Gasteiger partial charge in [0.2, 0.25) is 0 Å². The van der Waals surface area contributed by atoms with Crippen LogP contribution in [0.3, 0.4) is 0 Å². The zero-order valence-corrected chi connectivity index (χ0v) is 11.7. The molecule has 0 aromatic carbocycles. The van der Waals surface area contributed by atoms with Gasteiger partial charge < -0.3 is 16.2 Å². The summed E-state index contributed by atoms with van der Waals surface area (Å²) in [6, 6.07) is -0.219. The highest BCUT2D eigenvalue weighted by Gasteiger charge is 2.33. The molecule has 0 saturated carbocycles. The standard InChI is InChI=1S/C11H15BrN4O3/c12-2-1-6-5-16(11(18)15-10(6)17)9-3-7(14)8(4-13)19-9/h1-2,5,7-9H,3-4,13-14H2,(H,15,17,18)/t7-,8+,9+/m0/s1. The molecule has 1 aromatic heterocycles. The van der Waals surface area contributed by atoms with E-state index in [1.165, 1.54) is 15.7 Å². The van der Waals surface area contributed by atoms with E-state index >= 15 is 0 Å². The van der Waals surface area contributed by atoms with Gasteiger partial charge in [-0.25, -0.2) is 4.79 Å². The summed E-state index contributed by atoms with van der Waals surface area (Å²) in [6.07, 6.45) is 2.69. The van der Waals surface area contributed by atoms with Crippen LogP contribution in [0.5, 0.6) is 0 Å². The van der Waals surface area contributed by atoms with E-state index in [4.69, 9.17) is 16.2 Å². The topological polar surface area (TPSA) is 116 Å². The fourth-order valence-electron chi connectivity index (χ4n) is 2.05. The van der Waals surface area contributed by atoms with E-state index in [1.807, 2.05) is 0 Å². The smallest absolute Gasteiger partial charge is 0.330 e. The number of nitrogens with one attached hydrogen (secondary N) is 1. The van der Waals surface area contributed by atoms with Gasteiger partial charge in [0.25, 0.3) is 5.56 Å². The fourth-order valence-corrected chi connectivity index (χ4v) is 2.34. The Morgan fingerprint density at radius 3 is 2.89 bits per heavy atom. The number of aromatic nitrogens is 2. The van der Waals surface area contributed by atoms with Crippen molar-refractivity contribution in [3.63, 3.8) is 0 Å². The lowest BCUT2D eigenvalue weighted by Gasteiger charge is -2.15. The van der Waals surface area contributed by atoms with Crippen LogP contribution in [0.2, 0.25) is 0 Å². The molecule has 8 heteroatoms. The van der Waals surface area contributed by atoms with Crippen molar-refractivity contribution >= 4 is 22.0 Å². The average molecular weight is 331 g/mol. The Kier molecular flexibility index (Phi) is 4.35. The van der Waals surface area contributed by atoms with Crippen LogP contribution in [0.15, 0.2) is 20.8 Å². The number of rotatable bonds is 3. The third-order valence-corrected chi connectivity index (χ3v) is 3.33. The molecule has 2 heterocycles. The van der Waals surface area contributed by atoms with Gasteiger partial charge in [-0.15, -0.1) is 0 Å². The minimum Gasteiger partial charge on any atom is -0.352 e. The molecule has 3 atom stereocenters. The highest BCUT2D eigenvalue weighted by Crippen LogP contribution is 2.25. The Morgan fingerprint density at radius 1 is 1.58 bits per heavy atom.